The maximum absolute atomic E-state index is 11.7. The molecule has 108 valence electrons. The number of benzene rings is 1. The molecule has 1 aromatic rings. The van der Waals surface area contributed by atoms with E-state index >= 15 is 0 Å². The second kappa shape index (κ2) is 6.92. The lowest BCUT2D eigenvalue weighted by molar-refractivity contribution is 0.0698. The predicted molar refractivity (Wildman–Crippen MR) is 85.1 cm³/mol. The van der Waals surface area contributed by atoms with Gasteiger partial charge in [-0.05, 0) is 59.5 Å². The van der Waals surface area contributed by atoms with E-state index in [-0.39, 0.29) is 11.6 Å². The van der Waals surface area contributed by atoms with Crippen molar-refractivity contribution in [3.05, 3.63) is 27.3 Å². The highest BCUT2D eigenvalue weighted by Crippen LogP contribution is 2.33. The van der Waals surface area contributed by atoms with Gasteiger partial charge in [0.05, 0.1) is 11.3 Å². The Hall–Kier alpha value is -1.31. The van der Waals surface area contributed by atoms with E-state index in [1.807, 2.05) is 22.6 Å². The maximum atomic E-state index is 11.7. The Balaban J connectivity index is 1.84. The van der Waals surface area contributed by atoms with Gasteiger partial charge in [0.25, 0.3) is 0 Å². The number of carbonyl (C=O) groups is 2. The number of carboxylic acid groups (broad SMARTS) is 1. The number of carbonyl (C=O) groups excluding carboxylic acids is 1. The van der Waals surface area contributed by atoms with Crippen LogP contribution < -0.4 is 10.6 Å². The maximum Gasteiger partial charge on any atom is 0.337 e. The zero-order chi connectivity index (χ0) is 14.5. The van der Waals surface area contributed by atoms with E-state index in [0.717, 1.165) is 22.3 Å². The largest absolute Gasteiger partial charge is 0.478 e. The molecule has 3 N–H and O–H groups in total. The number of rotatable bonds is 6. The molecule has 20 heavy (non-hydrogen) atoms. The Morgan fingerprint density at radius 2 is 2.10 bits per heavy atom. The minimum Gasteiger partial charge on any atom is -0.478 e. The number of hydrogen-bond acceptors (Lipinski definition) is 2. The van der Waals surface area contributed by atoms with Crippen molar-refractivity contribution >= 4 is 40.3 Å². The van der Waals surface area contributed by atoms with Crippen LogP contribution in [0, 0.1) is 9.49 Å². The van der Waals surface area contributed by atoms with Crippen molar-refractivity contribution in [2.75, 3.05) is 11.9 Å². The lowest BCUT2D eigenvalue weighted by atomic mass is 10.2. The molecular formula is C14H17IN2O3. The van der Waals surface area contributed by atoms with Gasteiger partial charge in [0.1, 0.15) is 0 Å². The third-order valence-corrected chi connectivity index (χ3v) is 3.90. The number of aromatic carboxylic acids is 1. The van der Waals surface area contributed by atoms with E-state index in [4.69, 9.17) is 5.11 Å². The summed E-state index contributed by atoms with van der Waals surface area (Å²) in [7, 11) is 0. The zero-order valence-electron chi connectivity index (χ0n) is 11.0. The summed E-state index contributed by atoms with van der Waals surface area (Å²) in [5, 5.41) is 14.4. The first-order valence-electron chi connectivity index (χ1n) is 6.64. The van der Waals surface area contributed by atoms with Crippen LogP contribution in [-0.4, -0.2) is 23.7 Å². The Bertz CT molecular complexity index is 515. The molecule has 1 aliphatic rings. The summed E-state index contributed by atoms with van der Waals surface area (Å²) in [6.07, 6.45) is 4.76. The highest BCUT2D eigenvalue weighted by atomic mass is 127. The van der Waals surface area contributed by atoms with E-state index in [9.17, 15) is 9.59 Å². The molecule has 0 bridgehead atoms. The molecule has 1 fully saturated rings. The van der Waals surface area contributed by atoms with Gasteiger partial charge in [0.2, 0.25) is 0 Å². The van der Waals surface area contributed by atoms with Gasteiger partial charge in [-0.1, -0.05) is 12.8 Å². The third-order valence-electron chi connectivity index (χ3n) is 3.23. The average molecular weight is 388 g/mol. The topological polar surface area (TPSA) is 78.4 Å². The second-order valence-corrected chi connectivity index (χ2v) is 6.21. The molecule has 2 rings (SSSR count). The molecule has 0 spiro atoms. The van der Waals surface area contributed by atoms with Crippen LogP contribution in [0.3, 0.4) is 0 Å². The number of nitrogens with one attached hydrogen (secondary N) is 2. The molecule has 5 nitrogen and oxygen atoms in total. The van der Waals surface area contributed by atoms with Crippen LogP contribution in [0.4, 0.5) is 10.5 Å². The summed E-state index contributed by atoms with van der Waals surface area (Å²) in [5.74, 6) is -0.192. The van der Waals surface area contributed by atoms with Gasteiger partial charge in [-0.25, -0.2) is 9.59 Å². The van der Waals surface area contributed by atoms with E-state index in [1.165, 1.54) is 18.9 Å². The number of urea groups is 1. The molecule has 1 aromatic carbocycles. The molecular weight excluding hydrogens is 371 g/mol. The first-order valence-corrected chi connectivity index (χ1v) is 7.72. The highest BCUT2D eigenvalue weighted by molar-refractivity contribution is 14.1. The minimum atomic E-state index is -1.05. The smallest absolute Gasteiger partial charge is 0.337 e. The highest BCUT2D eigenvalue weighted by Gasteiger charge is 2.20. The quantitative estimate of drug-likeness (QED) is 0.517. The molecule has 0 heterocycles. The first-order chi connectivity index (χ1) is 9.56. The van der Waals surface area contributed by atoms with Crippen LogP contribution in [0.2, 0.25) is 0 Å². The standard InChI is InChI=1S/C14H17IN2O3/c15-10-5-6-12(11(8-10)13(18)19)17-14(20)16-7-1-2-9-3-4-9/h5-6,8-9H,1-4,7H2,(H,18,19)(H2,16,17,20). The van der Waals surface area contributed by atoms with Crippen LogP contribution in [0.25, 0.3) is 0 Å². The molecule has 1 saturated carbocycles. The fourth-order valence-electron chi connectivity index (χ4n) is 1.97. The van der Waals surface area contributed by atoms with E-state index < -0.39 is 5.97 Å². The number of carboxylic acids is 1. The van der Waals surface area contributed by atoms with Gasteiger partial charge < -0.3 is 15.7 Å². The molecule has 1 aliphatic carbocycles. The molecule has 0 aliphatic heterocycles. The SMILES string of the molecule is O=C(NCCCC1CC1)Nc1ccc(I)cc1C(=O)O. The summed E-state index contributed by atoms with van der Waals surface area (Å²) in [5.41, 5.74) is 0.419. The fourth-order valence-corrected chi connectivity index (χ4v) is 2.46. The van der Waals surface area contributed by atoms with Gasteiger partial charge >= 0.3 is 12.0 Å². The summed E-state index contributed by atoms with van der Waals surface area (Å²) in [6.45, 7) is 0.620. The normalized spacial score (nSPS) is 13.8. The molecule has 0 unspecified atom stereocenters. The van der Waals surface area contributed by atoms with Gasteiger partial charge in [0, 0.05) is 10.1 Å². The Kier molecular flexibility index (Phi) is 5.22. The fraction of sp³-hybridized carbons (Fsp3) is 0.429. The van der Waals surface area contributed by atoms with Crippen molar-refractivity contribution in [2.45, 2.75) is 25.7 Å². The van der Waals surface area contributed by atoms with Crippen molar-refractivity contribution in [3.63, 3.8) is 0 Å². The zero-order valence-corrected chi connectivity index (χ0v) is 13.1. The average Bonchev–Trinajstić information content (AvgIpc) is 3.21. The number of halogens is 1. The van der Waals surface area contributed by atoms with Crippen molar-refractivity contribution in [1.29, 1.82) is 0 Å². The molecule has 6 heteroatoms. The number of amides is 2. The van der Waals surface area contributed by atoms with E-state index in [2.05, 4.69) is 10.6 Å². The Morgan fingerprint density at radius 3 is 2.75 bits per heavy atom. The van der Waals surface area contributed by atoms with E-state index in [1.54, 1.807) is 12.1 Å². The molecule has 2 amide bonds. The summed E-state index contributed by atoms with van der Waals surface area (Å²) < 4.78 is 0.815. The molecule has 0 atom stereocenters. The third kappa shape index (κ3) is 4.66. The van der Waals surface area contributed by atoms with Crippen LogP contribution in [0.1, 0.15) is 36.0 Å². The van der Waals surface area contributed by atoms with Crippen LogP contribution in [0.15, 0.2) is 18.2 Å². The monoisotopic (exact) mass is 388 g/mol. The van der Waals surface area contributed by atoms with Crippen LogP contribution >= 0.6 is 22.6 Å². The number of hydrogen-bond donors (Lipinski definition) is 3. The Morgan fingerprint density at radius 1 is 1.35 bits per heavy atom. The molecule has 0 radical (unpaired) electrons. The lowest BCUT2D eigenvalue weighted by Crippen LogP contribution is -2.30. The second-order valence-electron chi connectivity index (χ2n) is 4.96. The van der Waals surface area contributed by atoms with Crippen molar-refractivity contribution < 1.29 is 14.7 Å². The van der Waals surface area contributed by atoms with Crippen molar-refractivity contribution in [2.24, 2.45) is 5.92 Å². The summed E-state index contributed by atoms with van der Waals surface area (Å²) >= 11 is 2.04. The van der Waals surface area contributed by atoms with Crippen molar-refractivity contribution in [1.82, 2.24) is 5.32 Å². The van der Waals surface area contributed by atoms with Gasteiger partial charge in [0.15, 0.2) is 0 Å². The van der Waals surface area contributed by atoms with Crippen molar-refractivity contribution in [3.8, 4) is 0 Å². The van der Waals surface area contributed by atoms with Gasteiger partial charge in [-0.15, -0.1) is 0 Å². The first kappa shape index (κ1) is 15.1. The lowest BCUT2D eigenvalue weighted by Gasteiger charge is -2.10. The summed E-state index contributed by atoms with van der Waals surface area (Å²) in [4.78, 5) is 22.8. The number of anilines is 1. The molecule has 0 saturated heterocycles. The summed E-state index contributed by atoms with van der Waals surface area (Å²) in [6, 6.07) is 4.54. The molecule has 0 aromatic heterocycles. The van der Waals surface area contributed by atoms with Crippen LogP contribution in [0.5, 0.6) is 0 Å². The predicted octanol–water partition coefficient (Wildman–Crippen LogP) is 3.30. The Labute approximate surface area is 131 Å². The van der Waals surface area contributed by atoms with E-state index in [0.29, 0.717) is 12.2 Å². The van der Waals surface area contributed by atoms with Gasteiger partial charge in [-0.2, -0.15) is 0 Å². The minimum absolute atomic E-state index is 0.102. The van der Waals surface area contributed by atoms with Gasteiger partial charge in [-0.3, -0.25) is 0 Å². The van der Waals surface area contributed by atoms with Crippen LogP contribution in [-0.2, 0) is 0 Å².